The third-order valence-electron chi connectivity index (χ3n) is 8.47. The summed E-state index contributed by atoms with van der Waals surface area (Å²) < 4.78 is 2.19. The van der Waals surface area contributed by atoms with Crippen molar-refractivity contribution in [1.82, 2.24) is 4.57 Å². The van der Waals surface area contributed by atoms with E-state index in [-0.39, 0.29) is 23.4 Å². The number of aromatic nitrogens is 1. The highest BCUT2D eigenvalue weighted by molar-refractivity contribution is 6.11. The van der Waals surface area contributed by atoms with Crippen LogP contribution in [0.5, 0.6) is 0 Å². The van der Waals surface area contributed by atoms with Gasteiger partial charge in [-0.1, -0.05) is 163 Å². The van der Waals surface area contributed by atoms with Crippen LogP contribution in [0.4, 0.5) is 0 Å². The molecule has 1 unspecified atom stereocenters. The summed E-state index contributed by atoms with van der Waals surface area (Å²) >= 11 is 0. The molecular formula is C44H55NO2. The fraction of sp³-hybridized carbons (Fsp3) is 0.273. The van der Waals surface area contributed by atoms with E-state index in [9.17, 15) is 9.59 Å². The third kappa shape index (κ3) is 11.8. The molecule has 0 N–H and O–H groups in total. The molecule has 0 aliphatic carbocycles. The predicted molar refractivity (Wildman–Crippen MR) is 207 cm³/mol. The highest BCUT2D eigenvalue weighted by atomic mass is 16.1. The molecule has 0 aromatic carbocycles. The van der Waals surface area contributed by atoms with Crippen molar-refractivity contribution >= 4 is 36.4 Å². The van der Waals surface area contributed by atoms with Crippen molar-refractivity contribution in [3.8, 4) is 0 Å². The van der Waals surface area contributed by atoms with E-state index in [0.717, 1.165) is 39.6 Å². The third-order valence-corrected chi connectivity index (χ3v) is 8.47. The zero-order chi connectivity index (χ0) is 35.7. The minimum atomic E-state index is -0.190. The Labute approximate surface area is 283 Å². The summed E-state index contributed by atoms with van der Waals surface area (Å²) in [6.45, 7) is 40.9. The first-order valence-electron chi connectivity index (χ1n) is 16.1. The molecule has 47 heavy (non-hydrogen) atoms. The molecule has 0 aliphatic heterocycles. The molecule has 1 aromatic heterocycles. The molecule has 0 saturated carbocycles. The van der Waals surface area contributed by atoms with Gasteiger partial charge in [0.1, 0.15) is 0 Å². The van der Waals surface area contributed by atoms with Crippen molar-refractivity contribution in [1.29, 1.82) is 0 Å². The van der Waals surface area contributed by atoms with E-state index < -0.39 is 0 Å². The first kappa shape index (κ1) is 40.3. The molecule has 3 nitrogen and oxygen atoms in total. The summed E-state index contributed by atoms with van der Waals surface area (Å²) in [5, 5.41) is 4.14. The Morgan fingerprint density at radius 1 is 0.915 bits per heavy atom. The van der Waals surface area contributed by atoms with Gasteiger partial charge in [0.2, 0.25) is 0 Å². The van der Waals surface area contributed by atoms with E-state index >= 15 is 0 Å². The van der Waals surface area contributed by atoms with Crippen LogP contribution in [0.1, 0.15) is 60.8 Å². The first-order chi connectivity index (χ1) is 22.2. The van der Waals surface area contributed by atoms with Crippen LogP contribution >= 0.6 is 0 Å². The van der Waals surface area contributed by atoms with Gasteiger partial charge in [-0.15, -0.1) is 6.58 Å². The monoisotopic (exact) mass is 629 g/mol. The number of nitrogens with zero attached hydrogens (tertiary/aromatic N) is 1. The summed E-state index contributed by atoms with van der Waals surface area (Å²) in [6, 6.07) is 0. The average molecular weight is 630 g/mol. The Morgan fingerprint density at radius 2 is 1.53 bits per heavy atom. The van der Waals surface area contributed by atoms with Crippen molar-refractivity contribution in [3.05, 3.63) is 155 Å². The highest BCUT2D eigenvalue weighted by Gasteiger charge is 2.28. The lowest BCUT2D eigenvalue weighted by molar-refractivity contribution is -0.114. The molecule has 1 aromatic rings. The maximum atomic E-state index is 12.7. The Morgan fingerprint density at radius 3 is 2.09 bits per heavy atom. The largest absolute Gasteiger partial charge is 0.337 e. The van der Waals surface area contributed by atoms with Gasteiger partial charge in [0.05, 0.1) is 0 Å². The van der Waals surface area contributed by atoms with Gasteiger partial charge < -0.3 is 4.57 Å². The fourth-order valence-electron chi connectivity index (χ4n) is 5.08. The van der Waals surface area contributed by atoms with Crippen molar-refractivity contribution in [2.45, 2.75) is 67.3 Å². The zero-order valence-electron chi connectivity index (χ0n) is 29.7. The van der Waals surface area contributed by atoms with Crippen molar-refractivity contribution < 1.29 is 9.59 Å². The number of hydrogen-bond donors (Lipinski definition) is 0. The summed E-state index contributed by atoms with van der Waals surface area (Å²) in [5.41, 5.74) is 3.29. The highest BCUT2D eigenvalue weighted by Crippen LogP contribution is 2.38. The smallest absolute Gasteiger partial charge is 0.191 e. The Hall–Kier alpha value is -4.76. The van der Waals surface area contributed by atoms with Crippen molar-refractivity contribution in [2.24, 2.45) is 11.3 Å². The molecule has 0 amide bonds. The van der Waals surface area contributed by atoms with Gasteiger partial charge in [0.15, 0.2) is 11.6 Å². The van der Waals surface area contributed by atoms with Gasteiger partial charge in [0.25, 0.3) is 0 Å². The number of hydrogen-bond acceptors (Lipinski definition) is 2. The normalized spacial score (nSPS) is 14.5. The van der Waals surface area contributed by atoms with Gasteiger partial charge in [-0.05, 0) is 38.0 Å². The summed E-state index contributed by atoms with van der Waals surface area (Å²) in [6.07, 6.45) is 28.5. The van der Waals surface area contributed by atoms with Crippen LogP contribution in [-0.2, 0) is 16.1 Å². The molecule has 3 heteroatoms. The number of ketones is 2. The average Bonchev–Trinajstić information content (AvgIpc) is 3.29. The molecule has 1 atom stereocenters. The topological polar surface area (TPSA) is 39.1 Å². The quantitative estimate of drug-likeness (QED) is 0.0883. The molecule has 0 spiro atoms. The van der Waals surface area contributed by atoms with Crippen molar-refractivity contribution in [3.63, 3.8) is 0 Å². The first-order valence-corrected chi connectivity index (χ1v) is 16.1. The fourth-order valence-corrected chi connectivity index (χ4v) is 5.08. The van der Waals surface area contributed by atoms with Gasteiger partial charge >= 0.3 is 0 Å². The summed E-state index contributed by atoms with van der Waals surface area (Å²) in [5.74, 6) is 0.0724. The molecule has 1 heterocycles. The molecular weight excluding hydrogens is 574 g/mol. The predicted octanol–water partition coefficient (Wildman–Crippen LogP) is 8.02. The van der Waals surface area contributed by atoms with E-state index in [4.69, 9.17) is 0 Å². The summed E-state index contributed by atoms with van der Waals surface area (Å²) in [7, 11) is 0. The maximum Gasteiger partial charge on any atom is 0.191 e. The minimum Gasteiger partial charge on any atom is -0.337 e. The number of rotatable bonds is 19. The van der Waals surface area contributed by atoms with Crippen LogP contribution in [-0.4, -0.2) is 16.1 Å². The second-order valence-corrected chi connectivity index (χ2v) is 12.2. The minimum absolute atomic E-state index is 0.0484. The second kappa shape index (κ2) is 19.7. The molecule has 0 fully saturated rings. The van der Waals surface area contributed by atoms with Gasteiger partial charge in [0, 0.05) is 50.8 Å². The molecule has 0 bridgehead atoms. The van der Waals surface area contributed by atoms with E-state index in [1.165, 1.54) is 11.6 Å². The molecule has 248 valence electrons. The Bertz CT molecular complexity index is 1790. The molecule has 0 radical (unpaired) electrons. The lowest BCUT2D eigenvalue weighted by Gasteiger charge is -2.34. The van der Waals surface area contributed by atoms with E-state index in [1.54, 1.807) is 18.2 Å². The van der Waals surface area contributed by atoms with Crippen LogP contribution in [0.3, 0.4) is 0 Å². The van der Waals surface area contributed by atoms with E-state index in [1.807, 2.05) is 56.4 Å². The molecule has 0 saturated heterocycles. The van der Waals surface area contributed by atoms with E-state index in [0.29, 0.717) is 29.2 Å². The van der Waals surface area contributed by atoms with Crippen molar-refractivity contribution in [2.75, 3.05) is 0 Å². The van der Waals surface area contributed by atoms with Gasteiger partial charge in [-0.2, -0.15) is 0 Å². The second-order valence-electron chi connectivity index (χ2n) is 12.2. The SMILES string of the molecule is C=CCn1c(=C)c(=C\C=C/CC(=O)C(=C)C=C)/c(=C/C)c1=CCC(C)C(C)(C)/C(=C/C=C\C(=C)C(=O)C(=C)/C=C\C=C/C(=C)C)CC. The van der Waals surface area contributed by atoms with Crippen LogP contribution in [0.25, 0.3) is 24.8 Å². The Balaban J connectivity index is 3.33. The number of allylic oxidation sites excluding steroid dienone is 16. The standard InChI is InChI=1S/C44H55NO2/c1-14-31-45-37(11)40(27-20-21-28-42(46)33(7)15-2)39(17-4)41(45)30-29-36(10)44(12,13)38(16-3)26-22-25-35(9)43(47)34(8)24-19-18-23-32(5)6/h14-15,17-27,30,36H,1-2,5,7-9,11,16,28-29,31H2,3-4,6,10,12-13H3/b21-20-,23-18-,24-19-,25-22-,38-26+,39-17-,40-27+,41-30?. The number of carbonyl (C=O) groups excluding carboxylic acids is 2. The lowest BCUT2D eigenvalue weighted by Crippen LogP contribution is -2.37. The van der Waals surface area contributed by atoms with Crippen LogP contribution in [0, 0.1) is 11.3 Å². The summed E-state index contributed by atoms with van der Waals surface area (Å²) in [4.78, 5) is 24.8. The zero-order valence-corrected chi connectivity index (χ0v) is 29.7. The number of carbonyl (C=O) groups is 2. The molecule has 1 rings (SSSR count). The van der Waals surface area contributed by atoms with Gasteiger partial charge in [-0.3, -0.25) is 9.59 Å². The maximum absolute atomic E-state index is 12.7. The van der Waals surface area contributed by atoms with E-state index in [2.05, 4.69) is 96.5 Å². The lowest BCUT2D eigenvalue weighted by atomic mass is 9.71. The van der Waals surface area contributed by atoms with Crippen LogP contribution in [0.15, 0.2) is 134 Å². The molecule has 0 aliphatic rings. The van der Waals surface area contributed by atoms with Crippen LogP contribution in [0.2, 0.25) is 0 Å². The van der Waals surface area contributed by atoms with Crippen LogP contribution < -0.4 is 21.1 Å². The number of Topliss-reactive ketones (excluding diaryl/α,β-unsaturated/α-hetero) is 2. The Kier molecular flexibility index (Phi) is 16.9. The van der Waals surface area contributed by atoms with Gasteiger partial charge in [-0.25, -0.2) is 0 Å².